The number of esters is 1. The Morgan fingerprint density at radius 2 is 2.00 bits per heavy atom. The van der Waals surface area contributed by atoms with Gasteiger partial charge in [0.25, 0.3) is 0 Å². The van der Waals surface area contributed by atoms with Gasteiger partial charge in [0.2, 0.25) is 0 Å². The van der Waals surface area contributed by atoms with E-state index in [0.29, 0.717) is 0 Å². The summed E-state index contributed by atoms with van der Waals surface area (Å²) in [6.45, 7) is 0. The van der Waals surface area contributed by atoms with Crippen molar-refractivity contribution in [1.29, 1.82) is 0 Å². The van der Waals surface area contributed by atoms with E-state index < -0.39 is 18.1 Å². The number of benzene rings is 1. The summed E-state index contributed by atoms with van der Waals surface area (Å²) < 4.78 is 45.0. The fourth-order valence-electron chi connectivity index (χ4n) is 1.91. The number of carbonyl (C=O) groups excluding carboxylic acids is 1. The standard InChI is InChI=1S/C13H11F3N2O2/c1-20-12(19)11(13(14,15)16)9-5-2-3-6-10(9)18-8-4-7-17-18/h2-8,11H,1H3. The molecule has 106 valence electrons. The van der Waals surface area contributed by atoms with Crippen molar-refractivity contribution in [3.8, 4) is 5.69 Å². The molecule has 1 unspecified atom stereocenters. The predicted octanol–water partition coefficient (Wildman–Crippen LogP) is 2.69. The molecule has 0 saturated carbocycles. The van der Waals surface area contributed by atoms with Crippen LogP contribution in [0.2, 0.25) is 0 Å². The Bertz CT molecular complexity index is 594. The van der Waals surface area contributed by atoms with Crippen LogP contribution >= 0.6 is 0 Å². The van der Waals surface area contributed by atoms with Crippen molar-refractivity contribution >= 4 is 5.97 Å². The molecule has 0 amide bonds. The highest BCUT2D eigenvalue weighted by Gasteiger charge is 2.48. The Labute approximate surface area is 112 Å². The molecule has 0 aliphatic carbocycles. The van der Waals surface area contributed by atoms with Crippen molar-refractivity contribution in [3.63, 3.8) is 0 Å². The molecule has 7 heteroatoms. The van der Waals surface area contributed by atoms with Crippen molar-refractivity contribution in [1.82, 2.24) is 9.78 Å². The van der Waals surface area contributed by atoms with Crippen molar-refractivity contribution < 1.29 is 22.7 Å². The molecular formula is C13H11F3N2O2. The summed E-state index contributed by atoms with van der Waals surface area (Å²) in [7, 11) is 0.928. The van der Waals surface area contributed by atoms with Gasteiger partial charge in [-0.1, -0.05) is 18.2 Å². The zero-order chi connectivity index (χ0) is 14.8. The van der Waals surface area contributed by atoms with E-state index in [-0.39, 0.29) is 11.3 Å². The number of hydrogen-bond donors (Lipinski definition) is 0. The summed E-state index contributed by atoms with van der Waals surface area (Å²) >= 11 is 0. The summed E-state index contributed by atoms with van der Waals surface area (Å²) in [5.41, 5.74) is -0.0132. The average Bonchev–Trinajstić information content (AvgIpc) is 2.91. The van der Waals surface area contributed by atoms with E-state index in [0.717, 1.165) is 7.11 Å². The van der Waals surface area contributed by atoms with E-state index in [1.165, 1.54) is 35.3 Å². The number of nitrogens with zero attached hydrogens (tertiary/aromatic N) is 2. The number of aromatic nitrogens is 2. The van der Waals surface area contributed by atoms with E-state index in [1.54, 1.807) is 12.1 Å². The van der Waals surface area contributed by atoms with Crippen LogP contribution in [-0.2, 0) is 9.53 Å². The van der Waals surface area contributed by atoms with Crippen LogP contribution in [0.4, 0.5) is 13.2 Å². The number of methoxy groups -OCH3 is 1. The first-order chi connectivity index (χ1) is 9.45. The fraction of sp³-hybridized carbons (Fsp3) is 0.231. The van der Waals surface area contributed by atoms with Crippen LogP contribution in [0.3, 0.4) is 0 Å². The highest BCUT2D eigenvalue weighted by molar-refractivity contribution is 5.80. The first kappa shape index (κ1) is 14.1. The van der Waals surface area contributed by atoms with Gasteiger partial charge in [0.15, 0.2) is 5.92 Å². The van der Waals surface area contributed by atoms with Crippen LogP contribution in [0.1, 0.15) is 11.5 Å². The molecule has 0 radical (unpaired) electrons. The lowest BCUT2D eigenvalue weighted by atomic mass is 9.96. The van der Waals surface area contributed by atoms with Gasteiger partial charge in [-0.25, -0.2) is 4.68 Å². The SMILES string of the molecule is COC(=O)C(c1ccccc1-n1cccn1)C(F)(F)F. The smallest absolute Gasteiger partial charge is 0.406 e. The lowest BCUT2D eigenvalue weighted by molar-refractivity contribution is -0.179. The van der Waals surface area contributed by atoms with Gasteiger partial charge < -0.3 is 4.74 Å². The quantitative estimate of drug-likeness (QED) is 0.814. The molecule has 4 nitrogen and oxygen atoms in total. The van der Waals surface area contributed by atoms with Crippen LogP contribution in [-0.4, -0.2) is 29.0 Å². The summed E-state index contributed by atoms with van der Waals surface area (Å²) in [5, 5.41) is 3.89. The highest BCUT2D eigenvalue weighted by atomic mass is 19.4. The lowest BCUT2D eigenvalue weighted by Gasteiger charge is -2.20. The molecule has 1 heterocycles. The zero-order valence-corrected chi connectivity index (χ0v) is 10.5. The Morgan fingerprint density at radius 3 is 2.55 bits per heavy atom. The molecule has 0 bridgehead atoms. The second-order valence-corrected chi connectivity index (χ2v) is 4.01. The van der Waals surface area contributed by atoms with E-state index in [1.807, 2.05) is 0 Å². The number of ether oxygens (including phenoxy) is 1. The number of alkyl halides is 3. The minimum Gasteiger partial charge on any atom is -0.468 e. The van der Waals surface area contributed by atoms with Crippen LogP contribution in [0, 0.1) is 0 Å². The van der Waals surface area contributed by atoms with Gasteiger partial charge in [-0.2, -0.15) is 18.3 Å². The molecule has 1 atom stereocenters. The Kier molecular flexibility index (Phi) is 3.78. The molecule has 0 saturated heterocycles. The van der Waals surface area contributed by atoms with Crippen LogP contribution < -0.4 is 0 Å². The molecule has 2 aromatic rings. The number of carbonyl (C=O) groups is 1. The third-order valence-corrected chi connectivity index (χ3v) is 2.76. The monoisotopic (exact) mass is 284 g/mol. The molecule has 1 aromatic carbocycles. The Balaban J connectivity index is 2.58. The fourth-order valence-corrected chi connectivity index (χ4v) is 1.91. The predicted molar refractivity (Wildman–Crippen MR) is 64.4 cm³/mol. The van der Waals surface area contributed by atoms with Crippen LogP contribution in [0.15, 0.2) is 42.7 Å². The molecular weight excluding hydrogens is 273 g/mol. The first-order valence-electron chi connectivity index (χ1n) is 5.68. The normalized spacial score (nSPS) is 13.0. The molecule has 0 N–H and O–H groups in total. The summed E-state index contributed by atoms with van der Waals surface area (Å²) in [4.78, 5) is 11.5. The lowest BCUT2D eigenvalue weighted by Crippen LogP contribution is -2.30. The van der Waals surface area contributed by atoms with Gasteiger partial charge in [0.1, 0.15) is 0 Å². The van der Waals surface area contributed by atoms with Crippen LogP contribution in [0.25, 0.3) is 5.69 Å². The Morgan fingerprint density at radius 1 is 1.30 bits per heavy atom. The average molecular weight is 284 g/mol. The maximum absolute atomic E-state index is 13.1. The maximum atomic E-state index is 13.1. The van der Waals surface area contributed by atoms with Gasteiger partial charge in [0.05, 0.1) is 12.8 Å². The van der Waals surface area contributed by atoms with Crippen molar-refractivity contribution in [2.45, 2.75) is 12.1 Å². The zero-order valence-electron chi connectivity index (χ0n) is 10.5. The largest absolute Gasteiger partial charge is 0.468 e. The molecule has 20 heavy (non-hydrogen) atoms. The van der Waals surface area contributed by atoms with E-state index in [9.17, 15) is 18.0 Å². The van der Waals surface area contributed by atoms with E-state index in [4.69, 9.17) is 0 Å². The van der Waals surface area contributed by atoms with Crippen molar-refractivity contribution in [2.75, 3.05) is 7.11 Å². The number of para-hydroxylation sites is 1. The van der Waals surface area contributed by atoms with Gasteiger partial charge in [0, 0.05) is 18.0 Å². The Hall–Kier alpha value is -2.31. The maximum Gasteiger partial charge on any atom is 0.406 e. The molecule has 2 rings (SSSR count). The molecule has 0 aliphatic heterocycles. The molecule has 1 aromatic heterocycles. The third kappa shape index (κ3) is 2.66. The molecule has 0 fully saturated rings. The van der Waals surface area contributed by atoms with Gasteiger partial charge in [-0.15, -0.1) is 0 Å². The summed E-state index contributed by atoms with van der Waals surface area (Å²) in [5.74, 6) is -3.69. The number of halogens is 3. The minimum atomic E-state index is -4.74. The number of rotatable bonds is 3. The summed E-state index contributed by atoms with van der Waals surface area (Å²) in [6, 6.07) is 7.29. The van der Waals surface area contributed by atoms with E-state index in [2.05, 4.69) is 9.84 Å². The van der Waals surface area contributed by atoms with Crippen LogP contribution in [0.5, 0.6) is 0 Å². The van der Waals surface area contributed by atoms with E-state index >= 15 is 0 Å². The topological polar surface area (TPSA) is 44.1 Å². The van der Waals surface area contributed by atoms with Crippen molar-refractivity contribution in [2.24, 2.45) is 0 Å². The first-order valence-corrected chi connectivity index (χ1v) is 5.68. The summed E-state index contributed by atoms with van der Waals surface area (Å²) in [6.07, 6.45) is -1.79. The van der Waals surface area contributed by atoms with Gasteiger partial charge in [-0.05, 0) is 12.1 Å². The second-order valence-electron chi connectivity index (χ2n) is 4.01. The molecule has 0 spiro atoms. The second kappa shape index (κ2) is 5.36. The van der Waals surface area contributed by atoms with Gasteiger partial charge >= 0.3 is 12.1 Å². The third-order valence-electron chi connectivity index (χ3n) is 2.76. The minimum absolute atomic E-state index is 0.185. The van der Waals surface area contributed by atoms with Crippen molar-refractivity contribution in [3.05, 3.63) is 48.3 Å². The molecule has 0 aliphatic rings. The van der Waals surface area contributed by atoms with Gasteiger partial charge in [-0.3, -0.25) is 4.79 Å². The highest BCUT2D eigenvalue weighted by Crippen LogP contribution is 2.38. The number of hydrogen-bond acceptors (Lipinski definition) is 3.